The van der Waals surface area contributed by atoms with E-state index in [0.717, 1.165) is 19.4 Å². The number of benzene rings is 1. The molecule has 2 rings (SSSR count). The van der Waals surface area contributed by atoms with Crippen molar-refractivity contribution in [2.24, 2.45) is 0 Å². The highest BCUT2D eigenvalue weighted by Gasteiger charge is 2.32. The molecule has 0 unspecified atom stereocenters. The number of carbonyl (C=O) groups is 1. The Labute approximate surface area is 125 Å². The first-order chi connectivity index (χ1) is 9.72. The molecule has 1 aliphatic rings. The molecule has 0 aliphatic carbocycles. The zero-order valence-corrected chi connectivity index (χ0v) is 13.2. The van der Waals surface area contributed by atoms with Crippen LogP contribution in [0.1, 0.15) is 37.0 Å². The minimum absolute atomic E-state index is 0.0582. The molecule has 1 fully saturated rings. The first-order valence-corrected chi connectivity index (χ1v) is 8.69. The van der Waals surface area contributed by atoms with E-state index in [1.807, 2.05) is 0 Å². The Morgan fingerprint density at radius 2 is 1.90 bits per heavy atom. The lowest BCUT2D eigenvalue weighted by Gasteiger charge is -2.31. The molecular weight excluding hydrogens is 290 g/mol. The fourth-order valence-corrected chi connectivity index (χ4v) is 3.98. The number of carboxylic acids is 1. The molecule has 116 valence electrons. The lowest BCUT2D eigenvalue weighted by Crippen LogP contribution is -2.40. The van der Waals surface area contributed by atoms with Gasteiger partial charge in [-0.3, -0.25) is 4.90 Å². The summed E-state index contributed by atoms with van der Waals surface area (Å²) in [6, 6.07) is 5.39. The molecule has 5 nitrogen and oxygen atoms in total. The summed E-state index contributed by atoms with van der Waals surface area (Å²) < 4.78 is 24.6. The predicted octanol–water partition coefficient (Wildman–Crippen LogP) is 2.03. The molecule has 1 aromatic rings. The van der Waals surface area contributed by atoms with E-state index in [1.54, 1.807) is 0 Å². The summed E-state index contributed by atoms with van der Waals surface area (Å²) in [6.45, 7) is 5.71. The Hall–Kier alpha value is -1.40. The predicted molar refractivity (Wildman–Crippen MR) is 80.3 cm³/mol. The molecule has 1 N–H and O–H groups in total. The van der Waals surface area contributed by atoms with Gasteiger partial charge in [0.05, 0.1) is 16.2 Å². The molecule has 0 amide bonds. The molecule has 1 heterocycles. The summed E-state index contributed by atoms with van der Waals surface area (Å²) in [4.78, 5) is 13.2. The maximum Gasteiger partial charge on any atom is 0.335 e. The SMILES string of the molecule is CC1(C)CCCN1CCS(=O)(=O)c1ccc(C(=O)O)cc1. The lowest BCUT2D eigenvalue weighted by atomic mass is 10.0. The summed E-state index contributed by atoms with van der Waals surface area (Å²) in [5, 5.41) is 8.83. The molecule has 0 radical (unpaired) electrons. The van der Waals surface area contributed by atoms with Crippen molar-refractivity contribution < 1.29 is 18.3 Å². The van der Waals surface area contributed by atoms with E-state index in [-0.39, 0.29) is 21.8 Å². The van der Waals surface area contributed by atoms with Crippen molar-refractivity contribution >= 4 is 15.8 Å². The first-order valence-electron chi connectivity index (χ1n) is 7.03. The van der Waals surface area contributed by atoms with Gasteiger partial charge in [0.25, 0.3) is 0 Å². The zero-order valence-electron chi connectivity index (χ0n) is 12.4. The van der Waals surface area contributed by atoms with Crippen molar-refractivity contribution in [3.63, 3.8) is 0 Å². The fourth-order valence-electron chi connectivity index (χ4n) is 2.73. The first kappa shape index (κ1) is 16.0. The monoisotopic (exact) mass is 311 g/mol. The van der Waals surface area contributed by atoms with Crippen LogP contribution in [0.25, 0.3) is 0 Å². The van der Waals surface area contributed by atoms with E-state index in [9.17, 15) is 13.2 Å². The maximum absolute atomic E-state index is 12.3. The third kappa shape index (κ3) is 3.63. The van der Waals surface area contributed by atoms with Gasteiger partial charge in [0.2, 0.25) is 0 Å². The van der Waals surface area contributed by atoms with Crippen LogP contribution in [0.15, 0.2) is 29.2 Å². The van der Waals surface area contributed by atoms with Gasteiger partial charge in [0, 0.05) is 12.1 Å². The largest absolute Gasteiger partial charge is 0.478 e. The average molecular weight is 311 g/mol. The number of nitrogens with zero attached hydrogens (tertiary/aromatic N) is 1. The average Bonchev–Trinajstić information content (AvgIpc) is 2.75. The topological polar surface area (TPSA) is 74.7 Å². The molecule has 21 heavy (non-hydrogen) atoms. The van der Waals surface area contributed by atoms with Gasteiger partial charge in [-0.2, -0.15) is 0 Å². The van der Waals surface area contributed by atoms with Crippen molar-refractivity contribution in [1.29, 1.82) is 0 Å². The molecule has 1 aromatic carbocycles. The van der Waals surface area contributed by atoms with Crippen LogP contribution >= 0.6 is 0 Å². The van der Waals surface area contributed by atoms with E-state index >= 15 is 0 Å². The van der Waals surface area contributed by atoms with Gasteiger partial charge in [-0.1, -0.05) is 0 Å². The summed E-state index contributed by atoms with van der Waals surface area (Å²) in [5.41, 5.74) is 0.150. The highest BCUT2D eigenvalue weighted by atomic mass is 32.2. The second-order valence-electron chi connectivity index (χ2n) is 6.05. The van der Waals surface area contributed by atoms with Crippen molar-refractivity contribution in [2.45, 2.75) is 37.1 Å². The Morgan fingerprint density at radius 1 is 1.29 bits per heavy atom. The number of carboxylic acid groups (broad SMARTS) is 1. The van der Waals surface area contributed by atoms with Gasteiger partial charge in [-0.15, -0.1) is 0 Å². The standard InChI is InChI=1S/C15H21NO4S/c1-15(2)8-3-9-16(15)10-11-21(19,20)13-6-4-12(5-7-13)14(17)18/h4-7H,3,8-11H2,1-2H3,(H,17,18). The molecule has 0 saturated carbocycles. The quantitative estimate of drug-likeness (QED) is 0.900. The molecule has 6 heteroatoms. The number of aromatic carboxylic acids is 1. The number of sulfone groups is 1. The molecule has 0 atom stereocenters. The van der Waals surface area contributed by atoms with E-state index < -0.39 is 15.8 Å². The highest BCUT2D eigenvalue weighted by Crippen LogP contribution is 2.28. The van der Waals surface area contributed by atoms with Gasteiger partial charge in [0.15, 0.2) is 9.84 Å². The molecule has 1 aliphatic heterocycles. The molecule has 1 saturated heterocycles. The van der Waals surface area contributed by atoms with E-state index in [2.05, 4.69) is 18.7 Å². The minimum atomic E-state index is -3.37. The van der Waals surface area contributed by atoms with Crippen molar-refractivity contribution in [3.05, 3.63) is 29.8 Å². The highest BCUT2D eigenvalue weighted by molar-refractivity contribution is 7.91. The van der Waals surface area contributed by atoms with Crippen LogP contribution in [-0.4, -0.2) is 48.8 Å². The third-order valence-corrected chi connectivity index (χ3v) is 5.87. The van der Waals surface area contributed by atoms with Gasteiger partial charge < -0.3 is 5.11 Å². The van der Waals surface area contributed by atoms with Crippen LogP contribution in [0, 0.1) is 0 Å². The smallest absolute Gasteiger partial charge is 0.335 e. The van der Waals surface area contributed by atoms with Gasteiger partial charge >= 0.3 is 5.97 Å². The van der Waals surface area contributed by atoms with Crippen molar-refractivity contribution in [1.82, 2.24) is 4.90 Å². The Bertz CT molecular complexity index is 620. The Morgan fingerprint density at radius 3 is 2.38 bits per heavy atom. The third-order valence-electron chi connectivity index (χ3n) is 4.16. The van der Waals surface area contributed by atoms with Crippen LogP contribution in [0.4, 0.5) is 0 Å². The summed E-state index contributed by atoms with van der Waals surface area (Å²) >= 11 is 0. The summed E-state index contributed by atoms with van der Waals surface area (Å²) in [7, 11) is -3.37. The molecule has 0 spiro atoms. The van der Waals surface area contributed by atoms with Crippen LogP contribution in [0.2, 0.25) is 0 Å². The summed E-state index contributed by atoms with van der Waals surface area (Å²) in [5.74, 6) is -0.999. The molecular formula is C15H21NO4S. The lowest BCUT2D eigenvalue weighted by molar-refractivity contribution is 0.0696. The Kier molecular flexibility index (Phi) is 4.39. The van der Waals surface area contributed by atoms with E-state index in [4.69, 9.17) is 5.11 Å². The van der Waals surface area contributed by atoms with Crippen LogP contribution in [-0.2, 0) is 9.84 Å². The second-order valence-corrected chi connectivity index (χ2v) is 8.16. The second kappa shape index (κ2) is 5.77. The number of likely N-dealkylation sites (tertiary alicyclic amines) is 1. The number of hydrogen-bond acceptors (Lipinski definition) is 4. The van der Waals surface area contributed by atoms with Crippen molar-refractivity contribution in [2.75, 3.05) is 18.8 Å². The van der Waals surface area contributed by atoms with E-state index in [1.165, 1.54) is 24.3 Å². The van der Waals surface area contributed by atoms with Gasteiger partial charge in [0.1, 0.15) is 0 Å². The normalized spacial score (nSPS) is 18.8. The maximum atomic E-state index is 12.3. The Balaban J connectivity index is 2.06. The summed E-state index contributed by atoms with van der Waals surface area (Å²) in [6.07, 6.45) is 2.18. The number of rotatable bonds is 5. The van der Waals surface area contributed by atoms with Crippen LogP contribution in [0.5, 0.6) is 0 Å². The minimum Gasteiger partial charge on any atom is -0.478 e. The zero-order chi connectivity index (χ0) is 15.7. The fraction of sp³-hybridized carbons (Fsp3) is 0.533. The van der Waals surface area contributed by atoms with Crippen molar-refractivity contribution in [3.8, 4) is 0 Å². The van der Waals surface area contributed by atoms with E-state index in [0.29, 0.717) is 6.54 Å². The van der Waals surface area contributed by atoms with Gasteiger partial charge in [-0.05, 0) is 57.5 Å². The molecule has 0 aromatic heterocycles. The van der Waals surface area contributed by atoms with Gasteiger partial charge in [-0.25, -0.2) is 13.2 Å². The number of hydrogen-bond donors (Lipinski definition) is 1. The molecule has 0 bridgehead atoms. The van der Waals surface area contributed by atoms with Crippen LogP contribution in [0.3, 0.4) is 0 Å². The van der Waals surface area contributed by atoms with Crippen LogP contribution < -0.4 is 0 Å².